The van der Waals surface area contributed by atoms with Crippen LogP contribution in [-0.2, 0) is 11.3 Å². The highest BCUT2D eigenvalue weighted by Gasteiger charge is 2.14. The lowest BCUT2D eigenvalue weighted by molar-refractivity contribution is -0.111. The summed E-state index contributed by atoms with van der Waals surface area (Å²) in [4.78, 5) is 14.7. The van der Waals surface area contributed by atoms with Gasteiger partial charge in [0, 0.05) is 33.9 Å². The van der Waals surface area contributed by atoms with E-state index in [0.29, 0.717) is 15.6 Å². The van der Waals surface area contributed by atoms with Crippen LogP contribution in [-0.4, -0.2) is 23.9 Å². The number of nitrogens with one attached hydrogen (secondary N) is 1. The van der Waals surface area contributed by atoms with E-state index >= 15 is 0 Å². The van der Waals surface area contributed by atoms with Crippen molar-refractivity contribution in [2.24, 2.45) is 0 Å². The first-order valence-corrected chi connectivity index (χ1v) is 9.12. The number of carbonyl (C=O) groups is 1. The van der Waals surface area contributed by atoms with Crippen LogP contribution in [0.3, 0.4) is 0 Å². The predicted octanol–water partition coefficient (Wildman–Crippen LogP) is 5.24. The standard InChI is InChI=1S/C20H20Cl2N2O/c21-17-7-5-8-18(22)16(17)10-11-20(25)23-19-9-2-1-6-15(19)14-24-12-3-4-13-24/h1-2,5-11H,3-4,12-14H2,(H,23,25)/b11-10+. The summed E-state index contributed by atoms with van der Waals surface area (Å²) in [6.07, 6.45) is 5.59. The highest BCUT2D eigenvalue weighted by Crippen LogP contribution is 2.25. The van der Waals surface area contributed by atoms with E-state index in [0.717, 1.165) is 30.9 Å². The normalized spacial score (nSPS) is 15.0. The maximum atomic E-state index is 12.3. The SMILES string of the molecule is O=C(/C=C/c1c(Cl)cccc1Cl)Nc1ccccc1CN1CCCC1. The molecule has 2 aromatic rings. The Morgan fingerprint density at radius 3 is 2.44 bits per heavy atom. The largest absolute Gasteiger partial charge is 0.322 e. The first-order valence-electron chi connectivity index (χ1n) is 8.37. The van der Waals surface area contributed by atoms with Crippen LogP contribution >= 0.6 is 23.2 Å². The summed E-state index contributed by atoms with van der Waals surface area (Å²) in [5.41, 5.74) is 2.61. The molecule has 1 fully saturated rings. The maximum Gasteiger partial charge on any atom is 0.248 e. The van der Waals surface area contributed by atoms with Gasteiger partial charge in [0.2, 0.25) is 5.91 Å². The molecule has 1 heterocycles. The Balaban J connectivity index is 1.69. The molecule has 0 radical (unpaired) electrons. The molecular formula is C20H20Cl2N2O. The minimum atomic E-state index is -0.204. The van der Waals surface area contributed by atoms with Crippen molar-refractivity contribution in [2.75, 3.05) is 18.4 Å². The summed E-state index contributed by atoms with van der Waals surface area (Å²) in [6, 6.07) is 13.2. The number of hydrogen-bond donors (Lipinski definition) is 1. The molecule has 0 aliphatic carbocycles. The molecule has 130 valence electrons. The van der Waals surface area contributed by atoms with Gasteiger partial charge in [-0.3, -0.25) is 9.69 Å². The molecule has 2 aromatic carbocycles. The second-order valence-electron chi connectivity index (χ2n) is 6.10. The molecule has 3 rings (SSSR count). The molecule has 1 amide bonds. The van der Waals surface area contributed by atoms with Crippen molar-refractivity contribution in [1.29, 1.82) is 0 Å². The number of halogens is 2. The number of likely N-dealkylation sites (tertiary alicyclic amines) is 1. The second kappa shape index (κ2) is 8.52. The van der Waals surface area contributed by atoms with Crippen LogP contribution in [0.2, 0.25) is 10.0 Å². The van der Waals surface area contributed by atoms with E-state index in [1.54, 1.807) is 24.3 Å². The van der Waals surface area contributed by atoms with Crippen molar-refractivity contribution in [2.45, 2.75) is 19.4 Å². The van der Waals surface area contributed by atoms with Gasteiger partial charge in [0.25, 0.3) is 0 Å². The number of para-hydroxylation sites is 1. The third-order valence-corrected chi connectivity index (χ3v) is 4.93. The Bertz CT molecular complexity index is 763. The first-order chi connectivity index (χ1) is 12.1. The summed E-state index contributed by atoms with van der Waals surface area (Å²) in [7, 11) is 0. The topological polar surface area (TPSA) is 32.3 Å². The van der Waals surface area contributed by atoms with Crippen molar-refractivity contribution < 1.29 is 4.79 Å². The Hall–Kier alpha value is -1.81. The predicted molar refractivity (Wildman–Crippen MR) is 105 cm³/mol. The van der Waals surface area contributed by atoms with Crippen molar-refractivity contribution in [3.8, 4) is 0 Å². The molecule has 0 unspecified atom stereocenters. The van der Waals surface area contributed by atoms with Crippen molar-refractivity contribution in [1.82, 2.24) is 4.90 Å². The zero-order valence-corrected chi connectivity index (χ0v) is 15.4. The Labute approximate surface area is 158 Å². The van der Waals surface area contributed by atoms with E-state index in [1.807, 2.05) is 18.2 Å². The van der Waals surface area contributed by atoms with Crippen LogP contribution in [0.25, 0.3) is 6.08 Å². The molecule has 1 saturated heterocycles. The molecule has 1 N–H and O–H groups in total. The lowest BCUT2D eigenvalue weighted by Gasteiger charge is -2.17. The van der Waals surface area contributed by atoms with E-state index in [-0.39, 0.29) is 5.91 Å². The lowest BCUT2D eigenvalue weighted by atomic mass is 10.1. The van der Waals surface area contributed by atoms with Gasteiger partial charge in [-0.1, -0.05) is 47.5 Å². The van der Waals surface area contributed by atoms with Crippen LogP contribution in [0.15, 0.2) is 48.5 Å². The highest BCUT2D eigenvalue weighted by molar-refractivity contribution is 6.37. The summed E-state index contributed by atoms with van der Waals surface area (Å²) in [5.74, 6) is -0.204. The van der Waals surface area contributed by atoms with Gasteiger partial charge in [-0.05, 0) is 55.8 Å². The van der Waals surface area contributed by atoms with Gasteiger partial charge < -0.3 is 5.32 Å². The number of benzene rings is 2. The molecule has 3 nitrogen and oxygen atoms in total. The van der Waals surface area contributed by atoms with Gasteiger partial charge in [-0.2, -0.15) is 0 Å². The van der Waals surface area contributed by atoms with E-state index in [4.69, 9.17) is 23.2 Å². The number of nitrogens with zero attached hydrogens (tertiary/aromatic N) is 1. The van der Waals surface area contributed by atoms with Gasteiger partial charge in [0.05, 0.1) is 0 Å². The third-order valence-electron chi connectivity index (χ3n) is 4.27. The van der Waals surface area contributed by atoms with Crippen LogP contribution in [0.5, 0.6) is 0 Å². The molecule has 0 saturated carbocycles. The molecule has 25 heavy (non-hydrogen) atoms. The van der Waals surface area contributed by atoms with Gasteiger partial charge in [0.15, 0.2) is 0 Å². The van der Waals surface area contributed by atoms with Gasteiger partial charge in [0.1, 0.15) is 0 Å². The van der Waals surface area contributed by atoms with Crippen molar-refractivity contribution >= 4 is 40.9 Å². The van der Waals surface area contributed by atoms with E-state index in [1.165, 1.54) is 18.9 Å². The summed E-state index contributed by atoms with van der Waals surface area (Å²) in [5, 5.41) is 3.99. The minimum absolute atomic E-state index is 0.204. The summed E-state index contributed by atoms with van der Waals surface area (Å²) < 4.78 is 0. The molecule has 0 bridgehead atoms. The Morgan fingerprint density at radius 1 is 1.04 bits per heavy atom. The molecule has 5 heteroatoms. The molecular weight excluding hydrogens is 355 g/mol. The quantitative estimate of drug-likeness (QED) is 0.725. The zero-order chi connectivity index (χ0) is 17.6. The number of hydrogen-bond acceptors (Lipinski definition) is 2. The van der Waals surface area contributed by atoms with Crippen LogP contribution in [0.1, 0.15) is 24.0 Å². The van der Waals surface area contributed by atoms with E-state index in [9.17, 15) is 4.79 Å². The Morgan fingerprint density at radius 2 is 1.72 bits per heavy atom. The monoisotopic (exact) mass is 374 g/mol. The van der Waals surface area contributed by atoms with Crippen LogP contribution in [0, 0.1) is 0 Å². The highest BCUT2D eigenvalue weighted by atomic mass is 35.5. The fraction of sp³-hybridized carbons (Fsp3) is 0.250. The number of rotatable bonds is 5. The smallest absolute Gasteiger partial charge is 0.248 e. The van der Waals surface area contributed by atoms with Crippen LogP contribution < -0.4 is 5.32 Å². The zero-order valence-electron chi connectivity index (χ0n) is 13.8. The molecule has 1 aliphatic heterocycles. The second-order valence-corrected chi connectivity index (χ2v) is 6.91. The van der Waals surface area contributed by atoms with Gasteiger partial charge in [-0.25, -0.2) is 0 Å². The van der Waals surface area contributed by atoms with Crippen molar-refractivity contribution in [3.63, 3.8) is 0 Å². The first kappa shape index (κ1) is 18.0. The molecule has 0 aromatic heterocycles. The third kappa shape index (κ3) is 4.85. The average molecular weight is 375 g/mol. The van der Waals surface area contributed by atoms with Gasteiger partial charge >= 0.3 is 0 Å². The lowest BCUT2D eigenvalue weighted by Crippen LogP contribution is -2.20. The van der Waals surface area contributed by atoms with Crippen molar-refractivity contribution in [3.05, 3.63) is 69.7 Å². The van der Waals surface area contributed by atoms with E-state index < -0.39 is 0 Å². The molecule has 0 spiro atoms. The number of carbonyl (C=O) groups excluding carboxylic acids is 1. The molecule has 1 aliphatic rings. The Kier molecular flexibility index (Phi) is 6.14. The summed E-state index contributed by atoms with van der Waals surface area (Å²) >= 11 is 12.2. The average Bonchev–Trinajstić information content (AvgIpc) is 3.09. The fourth-order valence-electron chi connectivity index (χ4n) is 2.97. The van der Waals surface area contributed by atoms with Gasteiger partial charge in [-0.15, -0.1) is 0 Å². The minimum Gasteiger partial charge on any atom is -0.322 e. The fourth-order valence-corrected chi connectivity index (χ4v) is 3.49. The maximum absolute atomic E-state index is 12.3. The van der Waals surface area contributed by atoms with E-state index in [2.05, 4.69) is 16.3 Å². The van der Waals surface area contributed by atoms with Crippen LogP contribution in [0.4, 0.5) is 5.69 Å². The number of anilines is 1. The molecule has 0 atom stereocenters. The number of amides is 1. The summed E-state index contributed by atoms with van der Waals surface area (Å²) in [6.45, 7) is 3.09.